The predicted molar refractivity (Wildman–Crippen MR) is 366 cm³/mol. The number of aliphatic hydroxyl groups excluding tert-OH is 18. The highest BCUT2D eigenvalue weighted by molar-refractivity contribution is 5.76. The van der Waals surface area contributed by atoms with Crippen LogP contribution in [0.2, 0.25) is 0 Å². The summed E-state index contributed by atoms with van der Waals surface area (Å²) >= 11 is 0. The van der Waals surface area contributed by atoms with Crippen LogP contribution in [0.5, 0.6) is 0 Å². The molecule has 0 aliphatic carbocycles. The van der Waals surface area contributed by atoms with Gasteiger partial charge in [0.25, 0.3) is 0 Å². The molecular weight excluding hydrogens is 1520 g/mol. The number of rotatable bonds is 45. The number of carboxylic acid groups (broad SMARTS) is 2. The molecule has 6 aliphatic heterocycles. The summed E-state index contributed by atoms with van der Waals surface area (Å²) in [6, 6.07) is -7.30. The molecule has 6 rings (SSSR count). The van der Waals surface area contributed by atoms with Gasteiger partial charge in [-0.05, 0) is 12.8 Å². The van der Waals surface area contributed by atoms with E-state index in [4.69, 9.17) is 61.6 Å². The van der Waals surface area contributed by atoms with Gasteiger partial charge in [-0.3, -0.25) is 24.0 Å². The van der Waals surface area contributed by atoms with Gasteiger partial charge in [-0.2, -0.15) is 0 Å². The van der Waals surface area contributed by atoms with Crippen molar-refractivity contribution in [2.24, 2.45) is 0 Å². The van der Waals surface area contributed by atoms with E-state index in [1.165, 1.54) is 44.6 Å². The van der Waals surface area contributed by atoms with Gasteiger partial charge in [-0.1, -0.05) is 83.3 Å². The van der Waals surface area contributed by atoms with Crippen LogP contribution in [-0.4, -0.2) is 388 Å². The lowest BCUT2D eigenvalue weighted by Gasteiger charge is -2.54. The Balaban J connectivity index is 1.38. The summed E-state index contributed by atoms with van der Waals surface area (Å²) in [5, 5.41) is 240. The van der Waals surface area contributed by atoms with Crippen LogP contribution < -0.4 is 31.5 Å². The van der Waals surface area contributed by atoms with E-state index in [2.05, 4.69) is 28.2 Å². The fourth-order valence-electron chi connectivity index (χ4n) is 14.3. The van der Waals surface area contributed by atoms with Crippen molar-refractivity contribution in [2.75, 3.05) is 46.2 Å². The van der Waals surface area contributed by atoms with Gasteiger partial charge in [0.15, 0.2) is 25.2 Å². The fraction of sp³-hybridized carbons (Fsp3) is 0.870. The van der Waals surface area contributed by atoms with E-state index in [1.54, 1.807) is 6.08 Å². The van der Waals surface area contributed by atoms with Gasteiger partial charge in [0.05, 0.1) is 76.1 Å². The molecule has 6 fully saturated rings. The minimum absolute atomic E-state index is 0.258. The summed E-state index contributed by atoms with van der Waals surface area (Å²) in [5.74, 6) is -16.5. The molecule has 0 aromatic rings. The highest BCUT2D eigenvalue weighted by Crippen LogP contribution is 2.43. The number of nitrogens with one attached hydrogen (secondary N) is 4. The van der Waals surface area contributed by atoms with Crippen molar-refractivity contribution < 1.29 is 197 Å². The van der Waals surface area contributed by atoms with Gasteiger partial charge >= 0.3 is 5.97 Å². The highest BCUT2D eigenvalue weighted by atomic mass is 16.8. The Labute approximate surface area is 649 Å². The van der Waals surface area contributed by atoms with Crippen molar-refractivity contribution in [3.63, 3.8) is 0 Å². The van der Waals surface area contributed by atoms with Crippen LogP contribution in [0.3, 0.4) is 0 Å². The molecule has 6 heterocycles. The maximum absolute atomic E-state index is 14.2. The number of unbranched alkanes of at least 4 members (excludes halogenated alkanes) is 11. The number of carboxylic acids is 2. The van der Waals surface area contributed by atoms with Crippen LogP contribution in [0, 0.1) is 0 Å². The topological polar surface area (TPSA) is 698 Å². The molecule has 0 spiro atoms. The molecule has 0 bridgehead atoms. The Bertz CT molecular complexity index is 2970. The summed E-state index contributed by atoms with van der Waals surface area (Å²) in [7, 11) is 0. The van der Waals surface area contributed by atoms with Crippen molar-refractivity contribution in [3.8, 4) is 0 Å². The average molecular weight is 1640 g/mol. The second-order valence-corrected chi connectivity index (χ2v) is 28.8. The first-order chi connectivity index (χ1) is 53.5. The van der Waals surface area contributed by atoms with E-state index >= 15 is 0 Å². The summed E-state index contributed by atoms with van der Waals surface area (Å²) in [5.41, 5.74) is 0. The minimum atomic E-state index is -3.82. The van der Waals surface area contributed by atoms with Crippen LogP contribution in [0.4, 0.5) is 0 Å². The lowest BCUT2D eigenvalue weighted by atomic mass is 9.87. The SMILES string of the molecule is CCCCCCCCCCCCC/C=C/[C@@H](O)[C@H](CO[C@@H]1O[C@H](CO)[C@@H](O[C@@H]2O[C@H](CO)[C@H](O[C@@H]3O[C@H](CO)[C@H](O)[C@H](O[C@@H]4O[C@H](CO)[C@H](O)[C@H](O)[C@H]4O)[C@H]3NC(C)=O)[C@H](O[C@]3(C(=O)[O-])C[C@H](O)[C@@H](NC(C)=O)[C@H]([C@H](O)[C@@H](CO)O[C@]4(C(=O)[O-])C[C@H](O)[C@@H](NC(C)=O)[C@H]([C@H](O)[C@H](O)COC(C)=O)O4)O3)[C@H]2O)[C@H](O)[C@H]1O)NC=O. The summed E-state index contributed by atoms with van der Waals surface area (Å²) in [6.07, 6.45) is -49.9. The van der Waals surface area contributed by atoms with Gasteiger partial charge in [0.2, 0.25) is 35.7 Å². The van der Waals surface area contributed by atoms with Gasteiger partial charge in [-0.25, -0.2) is 0 Å². The zero-order chi connectivity index (χ0) is 83.9. The quantitative estimate of drug-likeness (QED) is 0.0116. The Kier molecular flexibility index (Phi) is 39.1. The molecule has 6 saturated heterocycles. The molecular formula is C69H114N4O40-2. The normalized spacial score (nSPS) is 37.9. The Morgan fingerprint density at radius 2 is 0.965 bits per heavy atom. The Morgan fingerprint density at radius 3 is 1.50 bits per heavy atom. The summed E-state index contributed by atoms with van der Waals surface area (Å²) < 4.78 is 75.6. The number of esters is 1. The third kappa shape index (κ3) is 25.4. The molecule has 44 nitrogen and oxygen atoms in total. The Hall–Kier alpha value is -5.17. The van der Waals surface area contributed by atoms with Gasteiger partial charge in [-0.15, -0.1) is 0 Å². The molecule has 0 unspecified atom stereocenters. The second kappa shape index (κ2) is 45.7. The number of ether oxygens (including phenoxy) is 13. The van der Waals surface area contributed by atoms with Crippen molar-refractivity contribution in [2.45, 2.75) is 332 Å². The van der Waals surface area contributed by atoms with Crippen molar-refractivity contribution >= 4 is 42.0 Å². The lowest BCUT2D eigenvalue weighted by molar-refractivity contribution is -0.423. The van der Waals surface area contributed by atoms with Gasteiger partial charge < -0.3 is 195 Å². The number of aliphatic carboxylic acids is 2. The molecule has 0 aromatic heterocycles. The lowest BCUT2D eigenvalue weighted by Crippen LogP contribution is -2.74. The molecule has 4 amide bonds. The maximum Gasteiger partial charge on any atom is 0.302 e. The molecule has 34 atom stereocenters. The van der Waals surface area contributed by atoms with Crippen molar-refractivity contribution in [3.05, 3.63) is 12.2 Å². The number of hydrogen-bond donors (Lipinski definition) is 22. The first kappa shape index (κ1) is 96.7. The van der Waals surface area contributed by atoms with Crippen LogP contribution >= 0.6 is 0 Å². The number of carbonyl (C=O) groups excluding carboxylic acids is 7. The molecule has 6 aliphatic rings. The molecule has 113 heavy (non-hydrogen) atoms. The van der Waals surface area contributed by atoms with E-state index in [1.807, 2.05) is 0 Å². The molecule has 0 saturated carbocycles. The molecule has 0 radical (unpaired) electrons. The molecule has 44 heteroatoms. The van der Waals surface area contributed by atoms with Gasteiger partial charge in [0, 0.05) is 40.5 Å². The van der Waals surface area contributed by atoms with E-state index in [-0.39, 0.29) is 6.41 Å². The Morgan fingerprint density at radius 1 is 0.504 bits per heavy atom. The number of allylic oxidation sites excluding steroid dienone is 1. The monoisotopic (exact) mass is 1640 g/mol. The molecule has 22 N–H and O–H groups in total. The van der Waals surface area contributed by atoms with Crippen LogP contribution in [0.1, 0.15) is 125 Å². The minimum Gasteiger partial charge on any atom is -0.544 e. The smallest absolute Gasteiger partial charge is 0.302 e. The number of amides is 4. The van der Waals surface area contributed by atoms with Crippen molar-refractivity contribution in [1.82, 2.24) is 21.3 Å². The third-order valence-electron chi connectivity index (χ3n) is 20.3. The van der Waals surface area contributed by atoms with E-state index < -0.39 is 302 Å². The highest BCUT2D eigenvalue weighted by Gasteiger charge is 2.62. The van der Waals surface area contributed by atoms with Crippen LogP contribution in [0.25, 0.3) is 0 Å². The zero-order valence-corrected chi connectivity index (χ0v) is 63.1. The first-order valence-electron chi connectivity index (χ1n) is 37.6. The fourth-order valence-corrected chi connectivity index (χ4v) is 14.3. The molecule has 0 aromatic carbocycles. The predicted octanol–water partition coefficient (Wildman–Crippen LogP) is -12.6. The molecule has 652 valence electrons. The third-order valence-corrected chi connectivity index (χ3v) is 20.3. The van der Waals surface area contributed by atoms with Crippen LogP contribution in [-0.2, 0) is 95.1 Å². The zero-order valence-electron chi connectivity index (χ0n) is 63.1. The van der Waals surface area contributed by atoms with E-state index in [0.29, 0.717) is 6.42 Å². The van der Waals surface area contributed by atoms with E-state index in [9.17, 15) is 136 Å². The summed E-state index contributed by atoms with van der Waals surface area (Å²) in [6.45, 7) is -2.37. The number of aliphatic hydroxyl groups is 18. The summed E-state index contributed by atoms with van der Waals surface area (Å²) in [4.78, 5) is 89.5. The van der Waals surface area contributed by atoms with E-state index in [0.717, 1.165) is 59.8 Å². The second-order valence-electron chi connectivity index (χ2n) is 28.8. The number of hydrogen-bond acceptors (Lipinski definition) is 40. The van der Waals surface area contributed by atoms with Crippen molar-refractivity contribution in [1.29, 1.82) is 0 Å². The van der Waals surface area contributed by atoms with Gasteiger partial charge in [0.1, 0.15) is 153 Å². The average Bonchev–Trinajstić information content (AvgIpc) is 0.749. The largest absolute Gasteiger partial charge is 0.544 e. The maximum atomic E-state index is 14.2. The van der Waals surface area contributed by atoms with Crippen LogP contribution in [0.15, 0.2) is 12.2 Å². The first-order valence-corrected chi connectivity index (χ1v) is 37.6. The number of carbonyl (C=O) groups is 7. The standard InChI is InChI=1S/C69H116N4O40/c1-6-7-8-9-10-11-12-13-14-15-16-17-18-19-35(84)34(70-29-79)27-102-63-54(95)52(93)56(42(25-77)105-63)107-65-55(96)61(57(43(26-78)106-65)108-62-46(73-32(4)82)58(49(90)40(23-75)103-62)109-64-53(94)51(92)48(89)39(22-74)104-64)113-69(67(99)100)21-37(86)45(72-31(3)81)60(112-69)50(91)41(24-76)110-68(66(97)98)20-36(85)44(71-30(2)80)59(111-68)47(88)38(87)28-101-33(5)83/h18-19,29,34-65,74-78,84-96H,6-17,20-28H2,1-5H3,(H,70,79)(H,71,80)(H,72,81)(H,73,82)(H,97,98)(H,99,100)/p-2/b19-18+/t34-,35+,36-,37-,38+,39+,40+,41+,42+,43+,44+,45+,46+,47+,48-,49-,50+,51-,52+,53+,54+,55+,56+,57-,58+,59+,60+,61+,62-,63+,64-,65-,68+,69-/m0/s1.